The Balaban J connectivity index is 1.79. The monoisotopic (exact) mass is 277 g/mol. The first-order valence-electron chi connectivity index (χ1n) is 6.14. The highest BCUT2D eigenvalue weighted by molar-refractivity contribution is 7.94. The first-order chi connectivity index (χ1) is 9.06. The summed E-state index contributed by atoms with van der Waals surface area (Å²) in [5.41, 5.74) is 8.55. The molecule has 5 nitrogen and oxygen atoms in total. The number of fused-ring (bicyclic) bond motifs is 1. The second-order valence-electron chi connectivity index (χ2n) is 4.82. The summed E-state index contributed by atoms with van der Waals surface area (Å²) < 4.78 is 26.9. The zero-order chi connectivity index (χ0) is 13.5. The molecule has 0 bridgehead atoms. The molecule has 0 spiro atoms. The van der Waals surface area contributed by atoms with Gasteiger partial charge in [0.15, 0.2) is 0 Å². The summed E-state index contributed by atoms with van der Waals surface area (Å²) in [5.74, 6) is 0. The molecule has 0 fully saturated rings. The highest BCUT2D eigenvalue weighted by Gasteiger charge is 2.27. The maximum absolute atomic E-state index is 11.7. The topological polar surface area (TPSA) is 75.8 Å². The van der Waals surface area contributed by atoms with Crippen LogP contribution in [0.1, 0.15) is 11.1 Å². The standard InChI is InChI=1S/C13H15N3O2S/c14-12-7-15-19(17,18)13(12)9-16-6-5-10-3-1-2-4-11(10)8-16/h1-4,7H,5-6,8-9,14H2. The third-order valence-electron chi connectivity index (χ3n) is 3.54. The molecule has 19 heavy (non-hydrogen) atoms. The summed E-state index contributed by atoms with van der Waals surface area (Å²) in [6.07, 6.45) is 2.16. The minimum Gasteiger partial charge on any atom is -0.397 e. The summed E-state index contributed by atoms with van der Waals surface area (Å²) in [6, 6.07) is 8.24. The number of allylic oxidation sites excluding steroid dienone is 1. The van der Waals surface area contributed by atoms with Gasteiger partial charge in [0.2, 0.25) is 0 Å². The maximum atomic E-state index is 11.7. The van der Waals surface area contributed by atoms with Gasteiger partial charge in [-0.2, -0.15) is 12.8 Å². The van der Waals surface area contributed by atoms with Gasteiger partial charge in [0.25, 0.3) is 10.0 Å². The van der Waals surface area contributed by atoms with Crippen molar-refractivity contribution in [3.63, 3.8) is 0 Å². The van der Waals surface area contributed by atoms with E-state index in [9.17, 15) is 8.42 Å². The van der Waals surface area contributed by atoms with E-state index in [2.05, 4.69) is 21.4 Å². The van der Waals surface area contributed by atoms with Crippen molar-refractivity contribution in [1.82, 2.24) is 4.90 Å². The molecule has 0 aromatic heterocycles. The Kier molecular flexibility index (Phi) is 2.91. The van der Waals surface area contributed by atoms with Gasteiger partial charge in [-0.05, 0) is 17.5 Å². The van der Waals surface area contributed by atoms with Crippen LogP contribution in [0.5, 0.6) is 0 Å². The fourth-order valence-corrected chi connectivity index (χ4v) is 3.55. The molecule has 100 valence electrons. The molecule has 2 N–H and O–H groups in total. The van der Waals surface area contributed by atoms with Crippen molar-refractivity contribution >= 4 is 16.2 Å². The van der Waals surface area contributed by atoms with Crippen LogP contribution >= 0.6 is 0 Å². The summed E-state index contributed by atoms with van der Waals surface area (Å²) in [5, 5.41) is 0. The third kappa shape index (κ3) is 2.29. The average molecular weight is 277 g/mol. The van der Waals surface area contributed by atoms with Crippen molar-refractivity contribution in [3.05, 3.63) is 46.0 Å². The second kappa shape index (κ2) is 4.47. The van der Waals surface area contributed by atoms with Crippen LogP contribution in [0.15, 0.2) is 39.3 Å². The van der Waals surface area contributed by atoms with E-state index in [4.69, 9.17) is 5.73 Å². The van der Waals surface area contributed by atoms with Gasteiger partial charge in [0, 0.05) is 19.6 Å². The van der Waals surface area contributed by atoms with Gasteiger partial charge in [-0.1, -0.05) is 24.3 Å². The molecule has 6 heteroatoms. The van der Waals surface area contributed by atoms with Crippen molar-refractivity contribution in [1.29, 1.82) is 0 Å². The fraction of sp³-hybridized carbons (Fsp3) is 0.308. The molecule has 0 saturated carbocycles. The smallest absolute Gasteiger partial charge is 0.281 e. The van der Waals surface area contributed by atoms with Crippen molar-refractivity contribution in [3.8, 4) is 0 Å². The highest BCUT2D eigenvalue weighted by Crippen LogP contribution is 2.23. The van der Waals surface area contributed by atoms with E-state index in [1.165, 1.54) is 17.3 Å². The normalized spacial score (nSPS) is 21.7. The van der Waals surface area contributed by atoms with E-state index < -0.39 is 10.0 Å². The third-order valence-corrected chi connectivity index (χ3v) is 4.91. The van der Waals surface area contributed by atoms with Crippen molar-refractivity contribution in [2.24, 2.45) is 10.1 Å². The van der Waals surface area contributed by atoms with E-state index in [0.29, 0.717) is 6.54 Å². The first-order valence-corrected chi connectivity index (χ1v) is 7.58. The fourth-order valence-electron chi connectivity index (χ4n) is 2.48. The number of nitrogens with zero attached hydrogens (tertiary/aromatic N) is 2. The predicted molar refractivity (Wildman–Crippen MR) is 74.0 cm³/mol. The van der Waals surface area contributed by atoms with Gasteiger partial charge in [-0.25, -0.2) is 0 Å². The highest BCUT2D eigenvalue weighted by atomic mass is 32.2. The lowest BCUT2D eigenvalue weighted by atomic mass is 10.00. The van der Waals surface area contributed by atoms with Crippen LogP contribution in [0.3, 0.4) is 0 Å². The molecule has 0 saturated heterocycles. The zero-order valence-corrected chi connectivity index (χ0v) is 11.2. The predicted octanol–water partition coefficient (Wildman–Crippen LogP) is 0.629. The zero-order valence-electron chi connectivity index (χ0n) is 10.4. The van der Waals surface area contributed by atoms with E-state index in [1.54, 1.807) is 0 Å². The number of sulfonamides is 1. The minimum absolute atomic E-state index is 0.229. The van der Waals surface area contributed by atoms with Crippen molar-refractivity contribution < 1.29 is 8.42 Å². The molecule has 1 aromatic rings. The molecule has 0 radical (unpaired) electrons. The van der Waals surface area contributed by atoms with Crippen LogP contribution in [0.4, 0.5) is 0 Å². The van der Waals surface area contributed by atoms with Crippen molar-refractivity contribution in [2.45, 2.75) is 13.0 Å². The molecule has 0 aliphatic carbocycles. The van der Waals surface area contributed by atoms with Crippen molar-refractivity contribution in [2.75, 3.05) is 13.1 Å². The molecule has 0 amide bonds. The number of nitrogens with two attached hydrogens (primary N) is 1. The van der Waals surface area contributed by atoms with Crippen LogP contribution in [-0.4, -0.2) is 32.6 Å². The Morgan fingerprint density at radius 1 is 1.26 bits per heavy atom. The van der Waals surface area contributed by atoms with Gasteiger partial charge < -0.3 is 5.73 Å². The molecular formula is C13H15N3O2S. The molecule has 2 aliphatic heterocycles. The number of hydrogen-bond acceptors (Lipinski definition) is 4. The molecule has 0 unspecified atom stereocenters. The quantitative estimate of drug-likeness (QED) is 0.860. The second-order valence-corrected chi connectivity index (χ2v) is 6.47. The van der Waals surface area contributed by atoms with Crippen LogP contribution in [0, 0.1) is 0 Å². The number of hydrogen-bond donors (Lipinski definition) is 1. The summed E-state index contributed by atoms with van der Waals surface area (Å²) in [7, 11) is -3.53. The molecule has 2 heterocycles. The van der Waals surface area contributed by atoms with E-state index in [-0.39, 0.29) is 10.6 Å². The minimum atomic E-state index is -3.53. The molecule has 2 aliphatic rings. The van der Waals surface area contributed by atoms with Gasteiger partial charge in [-0.3, -0.25) is 4.90 Å². The van der Waals surface area contributed by atoms with Gasteiger partial charge >= 0.3 is 0 Å². The maximum Gasteiger partial charge on any atom is 0.281 e. The largest absolute Gasteiger partial charge is 0.397 e. The molecule has 0 atom stereocenters. The summed E-state index contributed by atoms with van der Waals surface area (Å²) >= 11 is 0. The van der Waals surface area contributed by atoms with Crippen LogP contribution in [0.2, 0.25) is 0 Å². The lowest BCUT2D eigenvalue weighted by Crippen LogP contribution is -2.33. The van der Waals surface area contributed by atoms with Gasteiger partial charge in [-0.15, -0.1) is 0 Å². The van der Waals surface area contributed by atoms with E-state index >= 15 is 0 Å². The van der Waals surface area contributed by atoms with E-state index in [0.717, 1.165) is 19.5 Å². The van der Waals surface area contributed by atoms with Gasteiger partial charge in [0.1, 0.15) is 4.91 Å². The van der Waals surface area contributed by atoms with Crippen LogP contribution in [0.25, 0.3) is 0 Å². The summed E-state index contributed by atoms with van der Waals surface area (Å²) in [6.45, 7) is 1.92. The average Bonchev–Trinajstić information content (AvgIpc) is 2.66. The Hall–Kier alpha value is -1.66. The first kappa shape index (κ1) is 12.4. The SMILES string of the molecule is NC1=C(CN2CCc3ccccc3C2)S(=O)(=O)N=C1. The molecule has 3 rings (SSSR count). The lowest BCUT2D eigenvalue weighted by Gasteiger charge is -2.28. The Bertz CT molecular complexity index is 677. The molecule has 1 aromatic carbocycles. The number of rotatable bonds is 2. The Morgan fingerprint density at radius 3 is 2.68 bits per heavy atom. The van der Waals surface area contributed by atoms with E-state index in [1.807, 2.05) is 12.1 Å². The lowest BCUT2D eigenvalue weighted by molar-refractivity contribution is 0.279. The number of benzene rings is 1. The Morgan fingerprint density at radius 2 is 2.00 bits per heavy atom. The summed E-state index contributed by atoms with van der Waals surface area (Å²) in [4.78, 5) is 2.32. The van der Waals surface area contributed by atoms with Crippen LogP contribution < -0.4 is 5.73 Å². The van der Waals surface area contributed by atoms with Gasteiger partial charge in [0.05, 0.1) is 11.9 Å². The Labute approximate surface area is 112 Å². The van der Waals surface area contributed by atoms with Crippen LogP contribution in [-0.2, 0) is 23.0 Å². The molecular weight excluding hydrogens is 262 g/mol.